The van der Waals surface area contributed by atoms with Gasteiger partial charge in [0.25, 0.3) is 5.78 Å². The Hall–Kier alpha value is -1.24. The maximum atomic E-state index is 12.3. The lowest BCUT2D eigenvalue weighted by Gasteiger charge is -2.36. The van der Waals surface area contributed by atoms with Gasteiger partial charge >= 0.3 is 5.91 Å². The SMILES string of the molecule is CC(C)CCN1CCN(CN2C(=O)C(=O)c3c(Br)cccc32)CC1. The third kappa shape index (κ3) is 3.55. The fourth-order valence-electron chi connectivity index (χ4n) is 3.24. The van der Waals surface area contributed by atoms with Gasteiger partial charge in [0.05, 0.1) is 17.9 Å². The fourth-order valence-corrected chi connectivity index (χ4v) is 3.77. The molecule has 2 heterocycles. The molecule has 0 unspecified atom stereocenters. The topological polar surface area (TPSA) is 43.9 Å². The third-order valence-corrected chi connectivity index (χ3v) is 5.44. The number of anilines is 1. The molecule has 6 heteroatoms. The van der Waals surface area contributed by atoms with E-state index in [1.54, 1.807) is 11.0 Å². The zero-order valence-corrected chi connectivity index (χ0v) is 15.9. The second-order valence-electron chi connectivity index (χ2n) is 6.98. The maximum Gasteiger partial charge on any atom is 0.300 e. The van der Waals surface area contributed by atoms with Gasteiger partial charge in [-0.2, -0.15) is 0 Å². The molecule has 0 saturated carbocycles. The number of rotatable bonds is 5. The Morgan fingerprint density at radius 1 is 1.08 bits per heavy atom. The smallest absolute Gasteiger partial charge is 0.300 e. The maximum absolute atomic E-state index is 12.3. The van der Waals surface area contributed by atoms with Crippen molar-refractivity contribution in [2.45, 2.75) is 20.3 Å². The number of benzene rings is 1. The Bertz CT molecular complexity index is 639. The lowest BCUT2D eigenvalue weighted by molar-refractivity contribution is -0.114. The van der Waals surface area contributed by atoms with Gasteiger partial charge in [-0.15, -0.1) is 0 Å². The summed E-state index contributed by atoms with van der Waals surface area (Å²) < 4.78 is 0.694. The number of nitrogens with zero attached hydrogens (tertiary/aromatic N) is 3. The zero-order valence-electron chi connectivity index (χ0n) is 14.3. The van der Waals surface area contributed by atoms with Crippen molar-refractivity contribution in [3.8, 4) is 0 Å². The van der Waals surface area contributed by atoms with Crippen molar-refractivity contribution in [3.63, 3.8) is 0 Å². The van der Waals surface area contributed by atoms with Crippen LogP contribution >= 0.6 is 15.9 Å². The highest BCUT2D eigenvalue weighted by Crippen LogP contribution is 2.34. The summed E-state index contributed by atoms with van der Waals surface area (Å²) in [4.78, 5) is 30.9. The molecule has 0 bridgehead atoms. The predicted molar refractivity (Wildman–Crippen MR) is 98.3 cm³/mol. The summed E-state index contributed by atoms with van der Waals surface area (Å²) in [5, 5.41) is 0. The van der Waals surface area contributed by atoms with Gasteiger partial charge in [0, 0.05) is 30.7 Å². The lowest BCUT2D eigenvalue weighted by Crippen LogP contribution is -2.51. The van der Waals surface area contributed by atoms with Crippen LogP contribution in [-0.4, -0.2) is 60.9 Å². The van der Waals surface area contributed by atoms with Gasteiger partial charge in [0.15, 0.2) is 0 Å². The van der Waals surface area contributed by atoms with Gasteiger partial charge in [0.2, 0.25) is 0 Å². The second kappa shape index (κ2) is 7.33. The van der Waals surface area contributed by atoms with E-state index in [1.165, 1.54) is 6.42 Å². The van der Waals surface area contributed by atoms with Crippen LogP contribution in [0.3, 0.4) is 0 Å². The summed E-state index contributed by atoms with van der Waals surface area (Å²) in [6.45, 7) is 10.0. The summed E-state index contributed by atoms with van der Waals surface area (Å²) >= 11 is 3.38. The number of hydrogen-bond acceptors (Lipinski definition) is 4. The van der Waals surface area contributed by atoms with Crippen molar-refractivity contribution >= 4 is 33.3 Å². The number of carbonyl (C=O) groups is 2. The summed E-state index contributed by atoms with van der Waals surface area (Å²) in [5.41, 5.74) is 1.22. The number of halogens is 1. The number of piperazine rings is 1. The molecule has 2 aliphatic rings. The lowest BCUT2D eigenvalue weighted by atomic mass is 10.1. The van der Waals surface area contributed by atoms with Gasteiger partial charge in [-0.3, -0.25) is 19.4 Å². The zero-order chi connectivity index (χ0) is 17.3. The Kier molecular flexibility index (Phi) is 5.37. The molecule has 0 spiro atoms. The summed E-state index contributed by atoms with van der Waals surface area (Å²) in [6, 6.07) is 5.52. The molecular weight excluding hydrogens is 370 g/mol. The molecule has 3 rings (SSSR count). The average Bonchev–Trinajstić information content (AvgIpc) is 2.80. The summed E-state index contributed by atoms with van der Waals surface area (Å²) in [7, 11) is 0. The highest BCUT2D eigenvalue weighted by molar-refractivity contribution is 9.10. The molecule has 0 radical (unpaired) electrons. The molecule has 0 aliphatic carbocycles. The van der Waals surface area contributed by atoms with Crippen molar-refractivity contribution in [2.75, 3.05) is 44.3 Å². The van der Waals surface area contributed by atoms with E-state index in [9.17, 15) is 9.59 Å². The van der Waals surface area contributed by atoms with E-state index < -0.39 is 11.7 Å². The highest BCUT2D eigenvalue weighted by Gasteiger charge is 2.38. The number of amides is 1. The van der Waals surface area contributed by atoms with E-state index in [-0.39, 0.29) is 0 Å². The largest absolute Gasteiger partial charge is 0.301 e. The van der Waals surface area contributed by atoms with Crippen LogP contribution in [0.15, 0.2) is 22.7 Å². The van der Waals surface area contributed by atoms with Gasteiger partial charge in [0.1, 0.15) is 0 Å². The quantitative estimate of drug-likeness (QED) is 0.721. The van der Waals surface area contributed by atoms with E-state index in [4.69, 9.17) is 0 Å². The molecule has 5 nitrogen and oxygen atoms in total. The number of carbonyl (C=O) groups excluding carboxylic acids is 2. The molecule has 0 aromatic heterocycles. The Labute approximate surface area is 151 Å². The molecule has 1 aromatic rings. The van der Waals surface area contributed by atoms with Crippen LogP contribution in [0.5, 0.6) is 0 Å². The first-order valence-corrected chi connectivity index (χ1v) is 9.36. The van der Waals surface area contributed by atoms with E-state index in [1.807, 2.05) is 12.1 Å². The van der Waals surface area contributed by atoms with Crippen molar-refractivity contribution in [2.24, 2.45) is 5.92 Å². The average molecular weight is 394 g/mol. The molecule has 1 amide bonds. The molecule has 0 atom stereocenters. The first-order valence-electron chi connectivity index (χ1n) is 8.57. The number of fused-ring (bicyclic) bond motifs is 1. The van der Waals surface area contributed by atoms with Crippen LogP contribution in [0, 0.1) is 5.92 Å². The molecule has 1 saturated heterocycles. The van der Waals surface area contributed by atoms with Gasteiger partial charge in [-0.1, -0.05) is 19.9 Å². The van der Waals surface area contributed by atoms with Crippen LogP contribution in [-0.2, 0) is 4.79 Å². The van der Waals surface area contributed by atoms with Gasteiger partial charge in [-0.05, 0) is 46.9 Å². The number of Topliss-reactive ketones (excluding diaryl/α,β-unsaturated/α-hetero) is 1. The van der Waals surface area contributed by atoms with Crippen LogP contribution in [0.1, 0.15) is 30.6 Å². The van der Waals surface area contributed by atoms with Crippen LogP contribution in [0.2, 0.25) is 0 Å². The van der Waals surface area contributed by atoms with E-state index in [2.05, 4.69) is 39.6 Å². The molecule has 24 heavy (non-hydrogen) atoms. The van der Waals surface area contributed by atoms with Gasteiger partial charge < -0.3 is 4.90 Å². The van der Waals surface area contributed by atoms with Gasteiger partial charge in [-0.25, -0.2) is 0 Å². The third-order valence-electron chi connectivity index (χ3n) is 4.78. The summed E-state index contributed by atoms with van der Waals surface area (Å²) in [6.07, 6.45) is 1.22. The molecule has 1 fully saturated rings. The second-order valence-corrected chi connectivity index (χ2v) is 7.83. The van der Waals surface area contributed by atoms with Crippen LogP contribution in [0.25, 0.3) is 0 Å². The minimum absolute atomic E-state index is 0.409. The monoisotopic (exact) mass is 393 g/mol. The molecule has 2 aliphatic heterocycles. The molecule has 0 N–H and O–H groups in total. The summed E-state index contributed by atoms with van der Waals surface area (Å²) in [5.74, 6) is -0.0987. The molecule has 130 valence electrons. The fraction of sp³-hybridized carbons (Fsp3) is 0.556. The van der Waals surface area contributed by atoms with Crippen LogP contribution < -0.4 is 4.90 Å². The minimum Gasteiger partial charge on any atom is -0.301 e. The standard InChI is InChI=1S/C18H24BrN3O2/c1-13(2)6-7-20-8-10-21(11-9-20)12-22-15-5-3-4-14(19)16(15)17(23)18(22)24/h3-5,13H,6-12H2,1-2H3. The molecule has 1 aromatic carbocycles. The van der Waals surface area contributed by atoms with Crippen molar-refractivity contribution < 1.29 is 9.59 Å². The number of ketones is 1. The normalized spacial score (nSPS) is 19.4. The van der Waals surface area contributed by atoms with Crippen LogP contribution in [0.4, 0.5) is 5.69 Å². The minimum atomic E-state index is -0.417. The Morgan fingerprint density at radius 3 is 2.42 bits per heavy atom. The van der Waals surface area contributed by atoms with E-state index in [0.29, 0.717) is 16.7 Å². The Morgan fingerprint density at radius 2 is 1.75 bits per heavy atom. The number of hydrogen-bond donors (Lipinski definition) is 0. The van der Waals surface area contributed by atoms with Crippen molar-refractivity contribution in [1.29, 1.82) is 0 Å². The van der Waals surface area contributed by atoms with Crippen molar-refractivity contribution in [3.05, 3.63) is 28.2 Å². The van der Waals surface area contributed by atoms with Crippen molar-refractivity contribution in [1.82, 2.24) is 9.80 Å². The molecular formula is C18H24BrN3O2. The van der Waals surface area contributed by atoms with E-state index in [0.717, 1.165) is 44.3 Å². The Balaban J connectivity index is 1.61. The highest BCUT2D eigenvalue weighted by atomic mass is 79.9. The first kappa shape index (κ1) is 17.6. The first-order chi connectivity index (χ1) is 11.5. The predicted octanol–water partition coefficient (Wildman–Crippen LogP) is 2.60. The van der Waals surface area contributed by atoms with E-state index >= 15 is 0 Å².